The molecule has 0 radical (unpaired) electrons. The Bertz CT molecular complexity index is 882. The second-order valence-corrected chi connectivity index (χ2v) is 6.47. The van der Waals surface area contributed by atoms with Gasteiger partial charge in [0, 0.05) is 18.0 Å². The number of halogens is 1. The van der Waals surface area contributed by atoms with Gasteiger partial charge >= 0.3 is 0 Å². The predicted octanol–water partition coefficient (Wildman–Crippen LogP) is 4.62. The molecule has 0 fully saturated rings. The van der Waals surface area contributed by atoms with Crippen LogP contribution >= 0.6 is 17.0 Å². The average molecular weight is 412 g/mol. The summed E-state index contributed by atoms with van der Waals surface area (Å²) in [6, 6.07) is 21.9. The molecule has 3 aromatic carbocycles. The van der Waals surface area contributed by atoms with E-state index in [1.165, 1.54) is 5.56 Å². The fraction of sp³-hybridized carbons (Fsp3) is 0.182. The van der Waals surface area contributed by atoms with E-state index in [0.717, 1.165) is 41.8 Å². The van der Waals surface area contributed by atoms with Crippen LogP contribution in [0, 0.1) is 0 Å². The highest BCUT2D eigenvalue weighted by molar-refractivity contribution is 8.93. The summed E-state index contributed by atoms with van der Waals surface area (Å²) in [6.45, 7) is 1.66. The van der Waals surface area contributed by atoms with Gasteiger partial charge in [-0.1, -0.05) is 60.7 Å². The number of hydrogen-bond acceptors (Lipinski definition) is 3. The number of fused-ring (bicyclic) bond motifs is 1. The van der Waals surface area contributed by atoms with E-state index in [0.29, 0.717) is 0 Å². The Kier molecular flexibility index (Phi) is 5.64. The van der Waals surface area contributed by atoms with Crippen molar-refractivity contribution < 1.29 is 10.2 Å². The number of phenolic OH excluding ortho intramolecular Hbond substituents is 2. The van der Waals surface area contributed by atoms with Crippen molar-refractivity contribution in [2.75, 3.05) is 13.1 Å². The molecule has 0 spiro atoms. The average Bonchev–Trinajstić information content (AvgIpc) is 2.86. The van der Waals surface area contributed by atoms with E-state index >= 15 is 0 Å². The van der Waals surface area contributed by atoms with E-state index in [1.807, 2.05) is 48.5 Å². The summed E-state index contributed by atoms with van der Waals surface area (Å²) in [5.74, 6) is 0.0618. The molecule has 0 saturated carbocycles. The summed E-state index contributed by atoms with van der Waals surface area (Å²) in [7, 11) is 0. The van der Waals surface area contributed by atoms with Crippen molar-refractivity contribution in [3.05, 3.63) is 83.4 Å². The van der Waals surface area contributed by atoms with Gasteiger partial charge in [0.25, 0.3) is 0 Å². The van der Waals surface area contributed by atoms with Crippen LogP contribution in [0.5, 0.6) is 11.5 Å². The van der Waals surface area contributed by atoms with Crippen LogP contribution in [-0.2, 0) is 6.42 Å². The first-order chi connectivity index (χ1) is 12.3. The number of rotatable bonds is 2. The Hall–Kier alpha value is -2.30. The van der Waals surface area contributed by atoms with Gasteiger partial charge < -0.3 is 15.5 Å². The van der Waals surface area contributed by atoms with Crippen molar-refractivity contribution in [2.24, 2.45) is 0 Å². The van der Waals surface area contributed by atoms with E-state index in [9.17, 15) is 10.2 Å². The Morgan fingerprint density at radius 3 is 2.23 bits per heavy atom. The van der Waals surface area contributed by atoms with Crippen molar-refractivity contribution in [1.29, 1.82) is 0 Å². The minimum absolute atomic E-state index is 0. The summed E-state index contributed by atoms with van der Waals surface area (Å²) in [6.07, 6.45) is 0.816. The first-order valence-corrected chi connectivity index (χ1v) is 8.64. The molecular formula is C22H22BrNO2. The van der Waals surface area contributed by atoms with Gasteiger partial charge in [0.05, 0.1) is 0 Å². The van der Waals surface area contributed by atoms with Crippen molar-refractivity contribution in [3.63, 3.8) is 0 Å². The standard InChI is InChI=1S/C22H21NO2.BrH/c24-20-13-18-17(21(22(20)25)16-9-5-2-6-10-16)11-12-23-14-19(18)15-7-3-1-4-8-15;/h1-10,13,19,23-25H,11-12,14H2;1H. The molecule has 3 nitrogen and oxygen atoms in total. The predicted molar refractivity (Wildman–Crippen MR) is 110 cm³/mol. The summed E-state index contributed by atoms with van der Waals surface area (Å²) >= 11 is 0. The molecule has 3 aromatic rings. The number of benzene rings is 3. The molecular weight excluding hydrogens is 390 g/mol. The lowest BCUT2D eigenvalue weighted by Crippen LogP contribution is -2.20. The molecule has 1 aliphatic heterocycles. The van der Waals surface area contributed by atoms with Gasteiger partial charge in [-0.15, -0.1) is 17.0 Å². The van der Waals surface area contributed by atoms with E-state index in [2.05, 4.69) is 17.4 Å². The zero-order valence-corrected chi connectivity index (χ0v) is 16.1. The molecule has 0 aromatic heterocycles. The second kappa shape index (κ2) is 7.94. The number of phenols is 2. The van der Waals surface area contributed by atoms with Crippen LogP contribution in [-0.4, -0.2) is 23.3 Å². The SMILES string of the molecule is Br.Oc1cc2c(c(-c3ccccc3)c1O)CCNCC2c1ccccc1. The molecule has 1 atom stereocenters. The Morgan fingerprint density at radius 1 is 0.885 bits per heavy atom. The molecule has 4 rings (SSSR count). The van der Waals surface area contributed by atoms with Crippen molar-refractivity contribution in [3.8, 4) is 22.6 Å². The van der Waals surface area contributed by atoms with Gasteiger partial charge in [-0.05, 0) is 41.3 Å². The van der Waals surface area contributed by atoms with E-state index in [-0.39, 0.29) is 34.4 Å². The van der Waals surface area contributed by atoms with Crippen molar-refractivity contribution in [2.45, 2.75) is 12.3 Å². The highest BCUT2D eigenvalue weighted by atomic mass is 79.9. The van der Waals surface area contributed by atoms with Crippen LogP contribution < -0.4 is 5.32 Å². The van der Waals surface area contributed by atoms with E-state index in [1.54, 1.807) is 6.07 Å². The topological polar surface area (TPSA) is 52.5 Å². The van der Waals surface area contributed by atoms with Crippen molar-refractivity contribution in [1.82, 2.24) is 5.32 Å². The maximum atomic E-state index is 10.6. The van der Waals surface area contributed by atoms with Gasteiger partial charge in [0.1, 0.15) is 0 Å². The third kappa shape index (κ3) is 3.35. The number of aromatic hydroxyl groups is 2. The maximum Gasteiger partial charge on any atom is 0.165 e. The molecule has 4 heteroatoms. The molecule has 26 heavy (non-hydrogen) atoms. The molecule has 3 N–H and O–H groups in total. The van der Waals surface area contributed by atoms with E-state index in [4.69, 9.17) is 0 Å². The molecule has 0 aliphatic carbocycles. The quantitative estimate of drug-likeness (QED) is 0.539. The van der Waals surface area contributed by atoms with Crippen LogP contribution in [0.1, 0.15) is 22.6 Å². The molecule has 1 heterocycles. The van der Waals surface area contributed by atoms with Crippen molar-refractivity contribution >= 4 is 17.0 Å². The second-order valence-electron chi connectivity index (χ2n) is 6.47. The first kappa shape index (κ1) is 18.5. The molecule has 0 amide bonds. The highest BCUT2D eigenvalue weighted by Gasteiger charge is 2.26. The molecule has 1 unspecified atom stereocenters. The Morgan fingerprint density at radius 2 is 1.54 bits per heavy atom. The molecule has 0 saturated heterocycles. The summed E-state index contributed by atoms with van der Waals surface area (Å²) in [4.78, 5) is 0. The van der Waals surface area contributed by atoms with Crippen LogP contribution in [0.4, 0.5) is 0 Å². The summed E-state index contributed by atoms with van der Waals surface area (Å²) < 4.78 is 0. The molecule has 134 valence electrons. The van der Waals surface area contributed by atoms with Crippen LogP contribution in [0.3, 0.4) is 0 Å². The number of hydrogen-bond donors (Lipinski definition) is 3. The largest absolute Gasteiger partial charge is 0.504 e. The normalized spacial score (nSPS) is 16.2. The highest BCUT2D eigenvalue weighted by Crippen LogP contribution is 2.45. The maximum absolute atomic E-state index is 10.6. The third-order valence-electron chi connectivity index (χ3n) is 4.96. The van der Waals surface area contributed by atoms with E-state index < -0.39 is 0 Å². The minimum atomic E-state index is -0.0552. The lowest BCUT2D eigenvalue weighted by atomic mass is 9.84. The first-order valence-electron chi connectivity index (χ1n) is 8.64. The zero-order chi connectivity index (χ0) is 17.2. The minimum Gasteiger partial charge on any atom is -0.504 e. The van der Waals surface area contributed by atoms with Gasteiger partial charge in [0.2, 0.25) is 0 Å². The molecule has 0 bridgehead atoms. The monoisotopic (exact) mass is 411 g/mol. The van der Waals surface area contributed by atoms with Crippen LogP contribution in [0.25, 0.3) is 11.1 Å². The van der Waals surface area contributed by atoms with Gasteiger partial charge in [-0.25, -0.2) is 0 Å². The van der Waals surface area contributed by atoms with Gasteiger partial charge in [0.15, 0.2) is 11.5 Å². The zero-order valence-electron chi connectivity index (χ0n) is 14.4. The third-order valence-corrected chi connectivity index (χ3v) is 4.96. The van der Waals surface area contributed by atoms with Gasteiger partial charge in [-0.3, -0.25) is 0 Å². The lowest BCUT2D eigenvalue weighted by Gasteiger charge is -2.22. The smallest absolute Gasteiger partial charge is 0.165 e. The lowest BCUT2D eigenvalue weighted by molar-refractivity contribution is 0.404. The number of nitrogens with one attached hydrogen (secondary N) is 1. The summed E-state index contributed by atoms with van der Waals surface area (Å²) in [5, 5.41) is 24.5. The fourth-order valence-electron chi connectivity index (χ4n) is 3.77. The van der Waals surface area contributed by atoms with Crippen LogP contribution in [0.15, 0.2) is 66.7 Å². The summed E-state index contributed by atoms with van der Waals surface area (Å²) in [5.41, 5.74) is 5.09. The Balaban J connectivity index is 0.00000196. The Labute approximate surface area is 164 Å². The fourth-order valence-corrected chi connectivity index (χ4v) is 3.77. The van der Waals surface area contributed by atoms with Gasteiger partial charge in [-0.2, -0.15) is 0 Å². The van der Waals surface area contributed by atoms with Crippen LogP contribution in [0.2, 0.25) is 0 Å². The molecule has 1 aliphatic rings.